The van der Waals surface area contributed by atoms with Gasteiger partial charge in [-0.3, -0.25) is 0 Å². The van der Waals surface area contributed by atoms with Gasteiger partial charge in [0.15, 0.2) is 3.92 Å². The van der Waals surface area contributed by atoms with Gasteiger partial charge >= 0.3 is 5.97 Å². The maximum atomic E-state index is 12.0. The second-order valence-corrected chi connectivity index (χ2v) is 7.97. The molecule has 0 saturated carbocycles. The lowest BCUT2D eigenvalue weighted by Gasteiger charge is -2.19. The molecular weight excluding hydrogens is 350 g/mol. The number of rotatable bonds is 3. The minimum atomic E-state index is -0.324. The zero-order chi connectivity index (χ0) is 15.6. The Morgan fingerprint density at radius 3 is 2.43 bits per heavy atom. The molecule has 0 atom stereocenters. The Morgan fingerprint density at radius 2 is 1.90 bits per heavy atom. The summed E-state index contributed by atoms with van der Waals surface area (Å²) in [5.74, 6) is -0.324. The summed E-state index contributed by atoms with van der Waals surface area (Å²) >= 11 is 4.64. The van der Waals surface area contributed by atoms with Gasteiger partial charge < -0.3 is 4.74 Å². The minimum absolute atomic E-state index is 0.102. The molecule has 0 saturated heterocycles. The van der Waals surface area contributed by atoms with Crippen molar-refractivity contribution in [1.29, 1.82) is 0 Å². The van der Waals surface area contributed by atoms with Crippen LogP contribution >= 0.6 is 27.3 Å². The Balaban J connectivity index is 2.40. The smallest absolute Gasteiger partial charge is 0.350 e. The number of benzene rings is 1. The topological polar surface area (TPSA) is 39.2 Å². The van der Waals surface area contributed by atoms with Gasteiger partial charge in [0.25, 0.3) is 0 Å². The maximum absolute atomic E-state index is 12.0. The van der Waals surface area contributed by atoms with Crippen LogP contribution in [0.25, 0.3) is 11.3 Å². The Bertz CT molecular complexity index is 641. The molecule has 0 amide bonds. The predicted octanol–water partition coefficient (Wildman–Crippen LogP) is 5.05. The Labute approximate surface area is 137 Å². The minimum Gasteiger partial charge on any atom is -0.462 e. The van der Waals surface area contributed by atoms with Crippen molar-refractivity contribution in [3.8, 4) is 11.3 Å². The maximum Gasteiger partial charge on any atom is 0.350 e. The molecule has 0 fully saturated rings. The normalized spacial score (nSPS) is 11.5. The summed E-state index contributed by atoms with van der Waals surface area (Å²) < 4.78 is 5.77. The van der Waals surface area contributed by atoms with E-state index in [-0.39, 0.29) is 11.4 Å². The molecule has 5 heteroatoms. The van der Waals surface area contributed by atoms with Crippen LogP contribution in [0.2, 0.25) is 0 Å². The third kappa shape index (κ3) is 3.71. The van der Waals surface area contributed by atoms with Crippen LogP contribution < -0.4 is 0 Å². The summed E-state index contributed by atoms with van der Waals surface area (Å²) in [6.07, 6.45) is 0. The van der Waals surface area contributed by atoms with E-state index >= 15 is 0 Å². The molecule has 112 valence electrons. The highest BCUT2D eigenvalue weighted by atomic mass is 79.9. The quantitative estimate of drug-likeness (QED) is 0.712. The second-order valence-electron chi connectivity index (χ2n) is 5.69. The van der Waals surface area contributed by atoms with Crippen LogP contribution in [0, 0.1) is 0 Å². The number of hydrogen-bond acceptors (Lipinski definition) is 4. The fourth-order valence-corrected chi connectivity index (χ4v) is 3.32. The number of aromatic nitrogens is 1. The summed E-state index contributed by atoms with van der Waals surface area (Å²) in [7, 11) is 0. The fourth-order valence-electron chi connectivity index (χ4n) is 1.95. The predicted molar refractivity (Wildman–Crippen MR) is 89.9 cm³/mol. The number of halogens is 1. The molecule has 1 heterocycles. The number of carbonyl (C=O) groups excluding carboxylic acids is 1. The molecule has 0 radical (unpaired) electrons. The number of carbonyl (C=O) groups is 1. The lowest BCUT2D eigenvalue weighted by molar-refractivity contribution is 0.0532. The highest BCUT2D eigenvalue weighted by Crippen LogP contribution is 2.33. The largest absolute Gasteiger partial charge is 0.462 e. The summed E-state index contributed by atoms with van der Waals surface area (Å²) in [4.78, 5) is 17.0. The van der Waals surface area contributed by atoms with Crippen molar-refractivity contribution in [3.05, 3.63) is 38.6 Å². The van der Waals surface area contributed by atoms with Crippen molar-refractivity contribution in [2.45, 2.75) is 33.1 Å². The van der Waals surface area contributed by atoms with E-state index < -0.39 is 0 Å². The van der Waals surface area contributed by atoms with Crippen molar-refractivity contribution in [2.75, 3.05) is 6.61 Å². The molecular formula is C16H18BrNO2S. The van der Waals surface area contributed by atoms with Gasteiger partial charge in [0.2, 0.25) is 0 Å². The molecule has 0 N–H and O–H groups in total. The van der Waals surface area contributed by atoms with Crippen LogP contribution in [-0.4, -0.2) is 17.6 Å². The molecule has 0 unspecified atom stereocenters. The van der Waals surface area contributed by atoms with E-state index in [0.717, 1.165) is 5.56 Å². The third-order valence-corrected chi connectivity index (χ3v) is 4.57. The van der Waals surface area contributed by atoms with Crippen molar-refractivity contribution in [1.82, 2.24) is 4.98 Å². The zero-order valence-electron chi connectivity index (χ0n) is 12.6. The molecule has 3 nitrogen and oxygen atoms in total. The first-order valence-electron chi connectivity index (χ1n) is 6.77. The number of nitrogens with zero attached hydrogens (tertiary/aromatic N) is 1. The van der Waals surface area contributed by atoms with Crippen molar-refractivity contribution < 1.29 is 9.53 Å². The first-order valence-corrected chi connectivity index (χ1v) is 8.38. The molecule has 1 aromatic heterocycles. The molecule has 0 bridgehead atoms. The van der Waals surface area contributed by atoms with Crippen LogP contribution in [0.5, 0.6) is 0 Å². The summed E-state index contributed by atoms with van der Waals surface area (Å²) in [5.41, 5.74) is 2.95. The Morgan fingerprint density at radius 1 is 1.29 bits per heavy atom. The van der Waals surface area contributed by atoms with Crippen molar-refractivity contribution in [3.63, 3.8) is 0 Å². The summed E-state index contributed by atoms with van der Waals surface area (Å²) in [6.45, 7) is 8.67. The van der Waals surface area contributed by atoms with E-state index in [0.29, 0.717) is 21.1 Å². The highest BCUT2D eigenvalue weighted by molar-refractivity contribution is 9.11. The van der Waals surface area contributed by atoms with Gasteiger partial charge in [-0.25, -0.2) is 9.78 Å². The summed E-state index contributed by atoms with van der Waals surface area (Å²) in [5, 5.41) is 0. The fraction of sp³-hybridized carbons (Fsp3) is 0.375. The monoisotopic (exact) mass is 367 g/mol. The van der Waals surface area contributed by atoms with Gasteiger partial charge in [-0.15, -0.1) is 0 Å². The van der Waals surface area contributed by atoms with Gasteiger partial charge in [-0.1, -0.05) is 56.4 Å². The molecule has 0 aliphatic rings. The van der Waals surface area contributed by atoms with Crippen molar-refractivity contribution >= 4 is 33.2 Å². The van der Waals surface area contributed by atoms with Gasteiger partial charge in [-0.05, 0) is 33.8 Å². The van der Waals surface area contributed by atoms with Crippen LogP contribution in [0.3, 0.4) is 0 Å². The van der Waals surface area contributed by atoms with E-state index in [1.165, 1.54) is 16.9 Å². The van der Waals surface area contributed by atoms with Gasteiger partial charge in [0.05, 0.1) is 12.3 Å². The standard InChI is InChI=1S/C16H18BrNO2S/c1-5-20-14(19)13-12(18-15(17)21-13)10-6-8-11(9-7-10)16(2,3)4/h6-9H,5H2,1-4H3. The van der Waals surface area contributed by atoms with Crippen LogP contribution in [0.1, 0.15) is 42.9 Å². The lowest BCUT2D eigenvalue weighted by Crippen LogP contribution is -2.10. The second kappa shape index (κ2) is 6.28. The van der Waals surface area contributed by atoms with Gasteiger partial charge in [-0.2, -0.15) is 0 Å². The molecule has 0 spiro atoms. The van der Waals surface area contributed by atoms with Gasteiger partial charge in [0.1, 0.15) is 4.88 Å². The number of hydrogen-bond donors (Lipinski definition) is 0. The number of ether oxygens (including phenoxy) is 1. The molecule has 0 aliphatic carbocycles. The Hall–Kier alpha value is -1.20. The SMILES string of the molecule is CCOC(=O)c1sc(Br)nc1-c1ccc(C(C)(C)C)cc1. The summed E-state index contributed by atoms with van der Waals surface area (Å²) in [6, 6.07) is 8.17. The highest BCUT2D eigenvalue weighted by Gasteiger charge is 2.20. The lowest BCUT2D eigenvalue weighted by atomic mass is 9.86. The van der Waals surface area contributed by atoms with Crippen LogP contribution in [0.4, 0.5) is 0 Å². The number of thiazole rings is 1. The van der Waals surface area contributed by atoms with Gasteiger partial charge in [0, 0.05) is 5.56 Å². The number of esters is 1. The molecule has 21 heavy (non-hydrogen) atoms. The Kier molecular flexibility index (Phi) is 4.84. The van der Waals surface area contributed by atoms with Crippen LogP contribution in [-0.2, 0) is 10.2 Å². The van der Waals surface area contributed by atoms with Crippen LogP contribution in [0.15, 0.2) is 28.2 Å². The zero-order valence-corrected chi connectivity index (χ0v) is 15.0. The molecule has 2 aromatic rings. The molecule has 2 rings (SSSR count). The van der Waals surface area contributed by atoms with E-state index in [4.69, 9.17) is 4.74 Å². The first kappa shape index (κ1) is 16.2. The average molecular weight is 368 g/mol. The average Bonchev–Trinajstić information content (AvgIpc) is 2.80. The third-order valence-electron chi connectivity index (χ3n) is 3.09. The van der Waals surface area contributed by atoms with E-state index in [1.807, 2.05) is 12.1 Å². The molecule has 0 aliphatic heterocycles. The van der Waals surface area contributed by atoms with E-state index in [1.54, 1.807) is 6.92 Å². The van der Waals surface area contributed by atoms with Crippen molar-refractivity contribution in [2.24, 2.45) is 0 Å². The van der Waals surface area contributed by atoms with E-state index in [2.05, 4.69) is 53.8 Å². The molecule has 1 aromatic carbocycles. The van der Waals surface area contributed by atoms with E-state index in [9.17, 15) is 4.79 Å². The first-order chi connectivity index (χ1) is 9.82.